The van der Waals surface area contributed by atoms with E-state index in [0.717, 1.165) is 51.9 Å². The van der Waals surface area contributed by atoms with Gasteiger partial charge in [-0.1, -0.05) is 20.3 Å². The lowest BCUT2D eigenvalue weighted by Gasteiger charge is -2.39. The minimum absolute atomic E-state index is 0.233. The van der Waals surface area contributed by atoms with Crippen molar-refractivity contribution in [3.8, 4) is 0 Å². The first-order valence-electron chi connectivity index (χ1n) is 8.22. The van der Waals surface area contributed by atoms with Gasteiger partial charge in [-0.25, -0.2) is 0 Å². The highest BCUT2D eigenvalue weighted by Gasteiger charge is 2.40. The van der Waals surface area contributed by atoms with Gasteiger partial charge in [-0.3, -0.25) is 4.79 Å². The predicted octanol–water partition coefficient (Wildman–Crippen LogP) is 1.76. The molecule has 0 aromatic rings. The number of amides is 1. The fraction of sp³-hybridized carbons (Fsp3) is 0.938. The normalized spacial score (nSPS) is 30.4. The molecule has 116 valence electrons. The first kappa shape index (κ1) is 15.8. The van der Waals surface area contributed by atoms with Crippen LogP contribution in [0.3, 0.4) is 0 Å². The summed E-state index contributed by atoms with van der Waals surface area (Å²) in [5, 5.41) is 6.71. The van der Waals surface area contributed by atoms with E-state index in [2.05, 4.69) is 36.4 Å². The van der Waals surface area contributed by atoms with Crippen LogP contribution in [0.5, 0.6) is 0 Å². The summed E-state index contributed by atoms with van der Waals surface area (Å²) in [7, 11) is 2.18. The number of hydrogen-bond acceptors (Lipinski definition) is 3. The van der Waals surface area contributed by atoms with E-state index in [1.165, 1.54) is 12.8 Å². The highest BCUT2D eigenvalue weighted by molar-refractivity contribution is 5.86. The maximum atomic E-state index is 12.6. The Morgan fingerprint density at radius 2 is 2.00 bits per heavy atom. The molecule has 2 fully saturated rings. The zero-order valence-electron chi connectivity index (χ0n) is 13.4. The Labute approximate surface area is 123 Å². The second kappa shape index (κ2) is 6.44. The molecular formula is C16H31N3O. The third-order valence-corrected chi connectivity index (χ3v) is 5.23. The number of likely N-dealkylation sites (tertiary alicyclic amines) is 1. The van der Waals surface area contributed by atoms with Gasteiger partial charge in [0.25, 0.3) is 0 Å². The van der Waals surface area contributed by atoms with Crippen LogP contribution >= 0.6 is 0 Å². The van der Waals surface area contributed by atoms with E-state index in [9.17, 15) is 4.79 Å². The fourth-order valence-corrected chi connectivity index (χ4v) is 3.55. The number of nitrogens with zero attached hydrogens (tertiary/aromatic N) is 1. The standard InChI is InChI=1S/C16H31N3O/c1-4-6-16(7-5-10-18-16)14(20)17-13-15(2)8-11-19(3)12-9-15/h18H,4-13H2,1-3H3,(H,17,20). The van der Waals surface area contributed by atoms with Gasteiger partial charge < -0.3 is 15.5 Å². The molecule has 2 aliphatic rings. The average Bonchev–Trinajstić information content (AvgIpc) is 2.90. The minimum Gasteiger partial charge on any atom is -0.354 e. The molecule has 0 aromatic carbocycles. The van der Waals surface area contributed by atoms with E-state index < -0.39 is 0 Å². The van der Waals surface area contributed by atoms with Gasteiger partial charge in [0, 0.05) is 6.54 Å². The Balaban J connectivity index is 1.87. The zero-order valence-corrected chi connectivity index (χ0v) is 13.4. The van der Waals surface area contributed by atoms with Crippen LogP contribution < -0.4 is 10.6 Å². The summed E-state index contributed by atoms with van der Waals surface area (Å²) in [5.41, 5.74) is -0.00918. The first-order chi connectivity index (χ1) is 9.50. The number of rotatable bonds is 5. The molecule has 2 aliphatic heterocycles. The molecule has 0 aliphatic carbocycles. The molecule has 20 heavy (non-hydrogen) atoms. The molecule has 1 atom stereocenters. The molecule has 0 bridgehead atoms. The molecule has 2 rings (SSSR count). The van der Waals surface area contributed by atoms with Crippen molar-refractivity contribution in [1.82, 2.24) is 15.5 Å². The maximum absolute atomic E-state index is 12.6. The largest absolute Gasteiger partial charge is 0.354 e. The number of carbonyl (C=O) groups excluding carboxylic acids is 1. The first-order valence-corrected chi connectivity index (χ1v) is 8.22. The van der Waals surface area contributed by atoms with Crippen molar-refractivity contribution in [3.63, 3.8) is 0 Å². The van der Waals surface area contributed by atoms with Crippen LogP contribution in [0.25, 0.3) is 0 Å². The molecule has 2 heterocycles. The maximum Gasteiger partial charge on any atom is 0.240 e. The van der Waals surface area contributed by atoms with Crippen LogP contribution in [0, 0.1) is 5.41 Å². The van der Waals surface area contributed by atoms with Crippen LogP contribution in [-0.4, -0.2) is 49.6 Å². The zero-order chi connectivity index (χ0) is 14.6. The Hall–Kier alpha value is -0.610. The monoisotopic (exact) mass is 281 g/mol. The molecule has 2 saturated heterocycles. The summed E-state index contributed by atoms with van der Waals surface area (Å²) in [5.74, 6) is 0.233. The third kappa shape index (κ3) is 3.53. The molecule has 0 aromatic heterocycles. The summed E-state index contributed by atoms with van der Waals surface area (Å²) in [4.78, 5) is 15.0. The lowest BCUT2D eigenvalue weighted by Crippen LogP contribution is -2.55. The molecule has 0 spiro atoms. The van der Waals surface area contributed by atoms with Crippen LogP contribution in [0.15, 0.2) is 0 Å². The van der Waals surface area contributed by atoms with E-state index in [1.54, 1.807) is 0 Å². The molecule has 2 N–H and O–H groups in total. The van der Waals surface area contributed by atoms with Crippen molar-refractivity contribution >= 4 is 5.91 Å². The topological polar surface area (TPSA) is 44.4 Å². The lowest BCUT2D eigenvalue weighted by atomic mass is 9.80. The summed E-state index contributed by atoms with van der Waals surface area (Å²) < 4.78 is 0. The van der Waals surface area contributed by atoms with E-state index in [1.807, 2.05) is 0 Å². The van der Waals surface area contributed by atoms with Gasteiger partial charge in [0.05, 0.1) is 5.54 Å². The van der Waals surface area contributed by atoms with E-state index in [0.29, 0.717) is 0 Å². The van der Waals surface area contributed by atoms with Gasteiger partial charge in [-0.05, 0) is 64.2 Å². The van der Waals surface area contributed by atoms with E-state index in [4.69, 9.17) is 0 Å². The van der Waals surface area contributed by atoms with Crippen LogP contribution in [0.1, 0.15) is 52.4 Å². The van der Waals surface area contributed by atoms with Crippen molar-refractivity contribution in [1.29, 1.82) is 0 Å². The molecule has 4 nitrogen and oxygen atoms in total. The van der Waals surface area contributed by atoms with Crippen LogP contribution in [0.4, 0.5) is 0 Å². The van der Waals surface area contributed by atoms with Gasteiger partial charge in [0.2, 0.25) is 5.91 Å². The van der Waals surface area contributed by atoms with Gasteiger partial charge in [-0.15, -0.1) is 0 Å². The molecule has 1 unspecified atom stereocenters. The number of piperidine rings is 1. The number of carbonyl (C=O) groups is 1. The van der Waals surface area contributed by atoms with Crippen molar-refractivity contribution in [2.24, 2.45) is 5.41 Å². The molecular weight excluding hydrogens is 250 g/mol. The van der Waals surface area contributed by atoms with Gasteiger partial charge in [0.1, 0.15) is 0 Å². The summed E-state index contributed by atoms with van der Waals surface area (Å²) >= 11 is 0. The predicted molar refractivity (Wildman–Crippen MR) is 82.7 cm³/mol. The average molecular weight is 281 g/mol. The van der Waals surface area contributed by atoms with Gasteiger partial charge in [-0.2, -0.15) is 0 Å². The number of nitrogens with one attached hydrogen (secondary N) is 2. The molecule has 0 radical (unpaired) electrons. The summed E-state index contributed by atoms with van der Waals surface area (Å²) in [6, 6.07) is 0. The summed E-state index contributed by atoms with van der Waals surface area (Å²) in [6.45, 7) is 8.57. The quantitative estimate of drug-likeness (QED) is 0.807. The van der Waals surface area contributed by atoms with Crippen molar-refractivity contribution in [2.75, 3.05) is 33.2 Å². The highest BCUT2D eigenvalue weighted by Crippen LogP contribution is 2.30. The van der Waals surface area contributed by atoms with Gasteiger partial charge in [0.15, 0.2) is 0 Å². The molecule has 1 amide bonds. The Kier molecular flexibility index (Phi) is 5.08. The SMILES string of the molecule is CCCC1(C(=O)NCC2(C)CCN(C)CC2)CCCN1. The minimum atomic E-state index is -0.281. The smallest absolute Gasteiger partial charge is 0.240 e. The van der Waals surface area contributed by atoms with E-state index in [-0.39, 0.29) is 16.9 Å². The second-order valence-corrected chi connectivity index (χ2v) is 7.16. The highest BCUT2D eigenvalue weighted by atomic mass is 16.2. The van der Waals surface area contributed by atoms with Crippen molar-refractivity contribution in [2.45, 2.75) is 57.9 Å². The Morgan fingerprint density at radius 1 is 1.30 bits per heavy atom. The third-order valence-electron chi connectivity index (χ3n) is 5.23. The van der Waals surface area contributed by atoms with Crippen molar-refractivity contribution < 1.29 is 4.79 Å². The molecule has 4 heteroatoms. The fourth-order valence-electron chi connectivity index (χ4n) is 3.55. The second-order valence-electron chi connectivity index (χ2n) is 7.16. The Bertz CT molecular complexity index is 329. The van der Waals surface area contributed by atoms with E-state index >= 15 is 0 Å². The van der Waals surface area contributed by atoms with Crippen LogP contribution in [0.2, 0.25) is 0 Å². The van der Waals surface area contributed by atoms with Crippen LogP contribution in [-0.2, 0) is 4.79 Å². The van der Waals surface area contributed by atoms with Crippen molar-refractivity contribution in [3.05, 3.63) is 0 Å². The molecule has 0 saturated carbocycles. The number of hydrogen-bond donors (Lipinski definition) is 2. The lowest BCUT2D eigenvalue weighted by molar-refractivity contribution is -0.128. The Morgan fingerprint density at radius 3 is 2.55 bits per heavy atom. The summed E-state index contributed by atoms with van der Waals surface area (Å²) in [6.07, 6.45) is 6.48. The van der Waals surface area contributed by atoms with Gasteiger partial charge >= 0.3 is 0 Å².